The molecule has 8 heteroatoms. The Hall–Kier alpha value is -2.12. The second kappa shape index (κ2) is 15.7. The fourth-order valence-electron chi connectivity index (χ4n) is 4.24. The molecule has 0 fully saturated rings. The van der Waals surface area contributed by atoms with E-state index in [1.807, 2.05) is 0 Å². The van der Waals surface area contributed by atoms with E-state index in [1.165, 1.54) is 51.4 Å². The zero-order chi connectivity index (χ0) is 23.8. The van der Waals surface area contributed by atoms with Crippen molar-refractivity contribution in [2.24, 2.45) is 20.0 Å². The van der Waals surface area contributed by atoms with Gasteiger partial charge in [-0.1, -0.05) is 38.5 Å². The Morgan fingerprint density at radius 3 is 1.26 bits per heavy atom. The lowest BCUT2D eigenvalue weighted by molar-refractivity contribution is 0.306. The number of nitrogens with zero attached hydrogens (tertiary/aromatic N) is 4. The third-order valence-electron chi connectivity index (χ3n) is 6.09. The molecule has 0 saturated carbocycles. The topological polar surface area (TPSA) is 86.4 Å². The van der Waals surface area contributed by atoms with Crippen molar-refractivity contribution >= 4 is 23.6 Å². The van der Waals surface area contributed by atoms with Crippen LogP contribution in [0.5, 0.6) is 0 Å². The van der Waals surface area contributed by atoms with Crippen LogP contribution in [0, 0.1) is 0 Å². The van der Waals surface area contributed by atoms with E-state index >= 15 is 0 Å². The first kappa shape index (κ1) is 26.5. The summed E-state index contributed by atoms with van der Waals surface area (Å²) in [5, 5.41) is 0. The van der Waals surface area contributed by atoms with E-state index in [2.05, 4.69) is 33.8 Å². The Labute approximate surface area is 205 Å². The highest BCUT2D eigenvalue weighted by Crippen LogP contribution is 2.14. The zero-order valence-electron chi connectivity index (χ0n) is 21.3. The van der Waals surface area contributed by atoms with E-state index in [-0.39, 0.29) is 0 Å². The molecule has 0 radical (unpaired) electrons. The van der Waals surface area contributed by atoms with Crippen LogP contribution < -0.4 is 0 Å². The maximum atomic E-state index is 5.40. The molecule has 0 amide bonds. The van der Waals surface area contributed by atoms with Gasteiger partial charge in [0.05, 0.1) is 25.2 Å². The first-order chi connectivity index (χ1) is 16.7. The summed E-state index contributed by atoms with van der Waals surface area (Å²) in [5.74, 6) is 3.68. The van der Waals surface area contributed by atoms with Crippen molar-refractivity contribution in [1.29, 1.82) is 0 Å². The smallest absolute Gasteiger partial charge is 0.184 e. The molecule has 4 heterocycles. The SMILES string of the molecule is C(CCCCCC1=NCCO1)CCCCC1=NCCO1.CC1COC(CCC2=NC(C)CO2)=N1. The molecule has 0 aromatic rings. The summed E-state index contributed by atoms with van der Waals surface area (Å²) in [4.78, 5) is 17.3. The highest BCUT2D eigenvalue weighted by Gasteiger charge is 2.18. The summed E-state index contributed by atoms with van der Waals surface area (Å²) in [7, 11) is 0. The van der Waals surface area contributed by atoms with Crippen LogP contribution in [0.15, 0.2) is 20.0 Å². The monoisotopic (exact) mass is 476 g/mol. The van der Waals surface area contributed by atoms with Gasteiger partial charge in [-0.05, 0) is 26.7 Å². The summed E-state index contributed by atoms with van der Waals surface area (Å²) >= 11 is 0. The minimum Gasteiger partial charge on any atom is -0.479 e. The van der Waals surface area contributed by atoms with Crippen LogP contribution in [0.3, 0.4) is 0 Å². The standard InChI is InChI=1S/C16H28N2O2.C10H16N2O2/c1(3-5-7-9-15-17-11-13-19-15)2-4-6-8-10-16-18-12-14-20-16;1-7-5-13-9(11-7)3-4-10-12-8(2)6-14-10/h1-14H2;7-8H,3-6H2,1-2H3. The van der Waals surface area contributed by atoms with E-state index in [0.29, 0.717) is 12.1 Å². The zero-order valence-corrected chi connectivity index (χ0v) is 21.3. The van der Waals surface area contributed by atoms with Crippen LogP contribution in [0.2, 0.25) is 0 Å². The molecule has 192 valence electrons. The van der Waals surface area contributed by atoms with E-state index in [1.54, 1.807) is 0 Å². The van der Waals surface area contributed by atoms with Crippen molar-refractivity contribution in [3.8, 4) is 0 Å². The Morgan fingerprint density at radius 1 is 0.529 bits per heavy atom. The molecule has 0 aliphatic carbocycles. The maximum absolute atomic E-state index is 5.40. The molecule has 2 atom stereocenters. The lowest BCUT2D eigenvalue weighted by atomic mass is 10.1. The molecule has 2 unspecified atom stereocenters. The molecule has 8 nitrogen and oxygen atoms in total. The molecule has 4 aliphatic heterocycles. The Kier molecular flexibility index (Phi) is 12.2. The van der Waals surface area contributed by atoms with E-state index in [4.69, 9.17) is 18.9 Å². The highest BCUT2D eigenvalue weighted by molar-refractivity contribution is 5.85. The maximum Gasteiger partial charge on any atom is 0.184 e. The van der Waals surface area contributed by atoms with Crippen LogP contribution in [0.4, 0.5) is 0 Å². The van der Waals surface area contributed by atoms with E-state index in [0.717, 1.165) is 88.8 Å². The van der Waals surface area contributed by atoms with Gasteiger partial charge in [-0.15, -0.1) is 0 Å². The van der Waals surface area contributed by atoms with Crippen molar-refractivity contribution in [3.05, 3.63) is 0 Å². The minimum atomic E-state index is 0.315. The first-order valence-corrected chi connectivity index (χ1v) is 13.4. The van der Waals surface area contributed by atoms with Crippen LogP contribution in [-0.2, 0) is 18.9 Å². The molecule has 0 N–H and O–H groups in total. The lowest BCUT2D eigenvalue weighted by Gasteiger charge is -2.03. The number of hydrogen-bond acceptors (Lipinski definition) is 8. The highest BCUT2D eigenvalue weighted by atomic mass is 16.5. The van der Waals surface area contributed by atoms with Gasteiger partial charge in [0.25, 0.3) is 0 Å². The van der Waals surface area contributed by atoms with Gasteiger partial charge in [0.2, 0.25) is 0 Å². The van der Waals surface area contributed by atoms with Gasteiger partial charge in [0.1, 0.15) is 26.4 Å². The minimum absolute atomic E-state index is 0.315. The number of hydrogen-bond donors (Lipinski definition) is 0. The largest absolute Gasteiger partial charge is 0.479 e. The molecule has 0 saturated heterocycles. The molecular formula is C26H44N4O4. The summed E-state index contributed by atoms with van der Waals surface area (Å²) in [6.45, 7) is 8.88. The summed E-state index contributed by atoms with van der Waals surface area (Å²) in [6, 6.07) is 0.630. The lowest BCUT2D eigenvalue weighted by Crippen LogP contribution is -2.05. The van der Waals surface area contributed by atoms with Gasteiger partial charge in [-0.25, -0.2) is 9.98 Å². The second-order valence-corrected chi connectivity index (χ2v) is 9.44. The molecule has 0 aromatic carbocycles. The fourth-order valence-corrected chi connectivity index (χ4v) is 4.24. The fraction of sp³-hybridized carbons (Fsp3) is 0.846. The van der Waals surface area contributed by atoms with Gasteiger partial charge in [0.15, 0.2) is 23.6 Å². The predicted octanol–water partition coefficient (Wildman–Crippen LogP) is 5.15. The van der Waals surface area contributed by atoms with Crippen molar-refractivity contribution < 1.29 is 18.9 Å². The van der Waals surface area contributed by atoms with E-state index < -0.39 is 0 Å². The van der Waals surface area contributed by atoms with Gasteiger partial charge in [0, 0.05) is 25.7 Å². The van der Waals surface area contributed by atoms with Crippen LogP contribution >= 0.6 is 0 Å². The third-order valence-corrected chi connectivity index (χ3v) is 6.09. The first-order valence-electron chi connectivity index (χ1n) is 13.4. The van der Waals surface area contributed by atoms with Crippen LogP contribution in [0.1, 0.15) is 90.9 Å². The molecule has 0 aromatic heterocycles. The quantitative estimate of drug-likeness (QED) is 0.325. The van der Waals surface area contributed by atoms with E-state index in [9.17, 15) is 0 Å². The van der Waals surface area contributed by atoms with Gasteiger partial charge < -0.3 is 18.9 Å². The normalized spacial score (nSPS) is 23.0. The molecule has 0 bridgehead atoms. The average molecular weight is 477 g/mol. The Bertz CT molecular complexity index is 660. The number of rotatable bonds is 14. The van der Waals surface area contributed by atoms with Crippen molar-refractivity contribution in [3.63, 3.8) is 0 Å². The van der Waals surface area contributed by atoms with Gasteiger partial charge >= 0.3 is 0 Å². The molecule has 34 heavy (non-hydrogen) atoms. The number of aliphatic imine (C=N–C) groups is 4. The van der Waals surface area contributed by atoms with Crippen LogP contribution in [-0.4, -0.2) is 75.2 Å². The predicted molar refractivity (Wildman–Crippen MR) is 138 cm³/mol. The molecule has 4 aliphatic rings. The summed E-state index contributed by atoms with van der Waals surface area (Å²) < 4.78 is 21.6. The van der Waals surface area contributed by atoms with Gasteiger partial charge in [-0.3, -0.25) is 9.98 Å². The number of unbranched alkanes of at least 4 members (excludes halogenated alkanes) is 7. The van der Waals surface area contributed by atoms with Crippen LogP contribution in [0.25, 0.3) is 0 Å². The Balaban J connectivity index is 0.000000202. The van der Waals surface area contributed by atoms with Crippen molar-refractivity contribution in [2.45, 2.75) is 103 Å². The average Bonchev–Trinajstić information content (AvgIpc) is 3.64. The second-order valence-electron chi connectivity index (χ2n) is 9.44. The Morgan fingerprint density at radius 2 is 0.941 bits per heavy atom. The molecule has 4 rings (SSSR count). The summed E-state index contributed by atoms with van der Waals surface area (Å²) in [6.07, 6.45) is 14.2. The van der Waals surface area contributed by atoms with Crippen molar-refractivity contribution in [2.75, 3.05) is 39.5 Å². The summed E-state index contributed by atoms with van der Waals surface area (Å²) in [5.41, 5.74) is 0. The molecule has 0 spiro atoms. The third kappa shape index (κ3) is 10.9. The number of ether oxygens (including phenoxy) is 4. The van der Waals surface area contributed by atoms with Gasteiger partial charge in [-0.2, -0.15) is 0 Å². The van der Waals surface area contributed by atoms with Crippen molar-refractivity contribution in [1.82, 2.24) is 0 Å². The molecular weight excluding hydrogens is 432 g/mol.